The van der Waals surface area contributed by atoms with Crippen LogP contribution in [-0.2, 0) is 19.1 Å². The minimum Gasteiger partial charge on any atom is -0.480 e. The van der Waals surface area contributed by atoms with Gasteiger partial charge in [-0.25, -0.2) is 0 Å². The molecule has 0 spiro atoms. The highest BCUT2D eigenvalue weighted by molar-refractivity contribution is 5.82. The number of unbranched alkanes of at least 4 members (excludes halogenated alkanes) is 1. The number of nitrogens with zero attached hydrogens (tertiary/aromatic N) is 1. The number of carbonyl (C=O) groups excluding carboxylic acids is 2. The summed E-state index contributed by atoms with van der Waals surface area (Å²) in [4.78, 5) is 34.5. The van der Waals surface area contributed by atoms with Gasteiger partial charge >= 0.3 is 5.97 Å². The fourth-order valence-corrected chi connectivity index (χ4v) is 1.54. The summed E-state index contributed by atoms with van der Waals surface area (Å²) in [5.74, 6) is -1.56. The number of amides is 1. The van der Waals surface area contributed by atoms with Gasteiger partial charge in [0, 0.05) is 13.2 Å². The molecule has 0 aromatic heterocycles. The first kappa shape index (κ1) is 18.5. The number of ketones is 1. The Labute approximate surface area is 119 Å². The van der Waals surface area contributed by atoms with Gasteiger partial charge in [-0.15, -0.1) is 0 Å². The molecule has 0 saturated heterocycles. The Morgan fingerprint density at radius 2 is 1.85 bits per heavy atom. The normalized spacial score (nSPS) is 10.6. The molecule has 0 unspecified atom stereocenters. The first-order valence-electron chi connectivity index (χ1n) is 6.73. The van der Waals surface area contributed by atoms with Crippen LogP contribution in [0, 0.1) is 0 Å². The third-order valence-electron chi connectivity index (χ3n) is 2.38. The summed E-state index contributed by atoms with van der Waals surface area (Å²) < 4.78 is 5.28. The average Bonchev–Trinajstić information content (AvgIpc) is 2.31. The van der Waals surface area contributed by atoms with Crippen molar-refractivity contribution in [1.29, 1.82) is 0 Å². The van der Waals surface area contributed by atoms with Crippen LogP contribution in [0.25, 0.3) is 0 Å². The molecule has 0 atom stereocenters. The fraction of sp³-hybridized carbons (Fsp3) is 0.769. The summed E-state index contributed by atoms with van der Waals surface area (Å²) in [6, 6.07) is 0. The highest BCUT2D eigenvalue weighted by Gasteiger charge is 2.15. The van der Waals surface area contributed by atoms with Gasteiger partial charge in [-0.2, -0.15) is 0 Å². The van der Waals surface area contributed by atoms with Crippen molar-refractivity contribution < 1.29 is 24.2 Å². The molecule has 2 N–H and O–H groups in total. The summed E-state index contributed by atoms with van der Waals surface area (Å²) >= 11 is 0. The van der Waals surface area contributed by atoms with Crippen molar-refractivity contribution in [3.05, 3.63) is 0 Å². The van der Waals surface area contributed by atoms with Gasteiger partial charge in [0.25, 0.3) is 0 Å². The van der Waals surface area contributed by atoms with Gasteiger partial charge < -0.3 is 15.2 Å². The van der Waals surface area contributed by atoms with Crippen molar-refractivity contribution in [1.82, 2.24) is 10.2 Å². The molecule has 116 valence electrons. The molecular weight excluding hydrogens is 264 g/mol. The minimum atomic E-state index is -1.07. The SMILES string of the molecule is CCCCOCCNC(=O)CN(CC(C)=O)CC(=O)O. The Kier molecular flexibility index (Phi) is 10.5. The molecule has 0 aliphatic heterocycles. The van der Waals surface area contributed by atoms with Crippen LogP contribution in [0.5, 0.6) is 0 Å². The zero-order valence-corrected chi connectivity index (χ0v) is 12.2. The second-order valence-electron chi connectivity index (χ2n) is 4.56. The maximum Gasteiger partial charge on any atom is 0.317 e. The van der Waals surface area contributed by atoms with Crippen molar-refractivity contribution >= 4 is 17.7 Å². The number of hydrogen-bond acceptors (Lipinski definition) is 5. The van der Waals surface area contributed by atoms with E-state index in [1.807, 2.05) is 0 Å². The van der Waals surface area contributed by atoms with E-state index in [2.05, 4.69) is 12.2 Å². The number of Topliss-reactive ketones (excluding diaryl/α,β-unsaturated/α-hetero) is 1. The van der Waals surface area contributed by atoms with Gasteiger partial charge in [-0.3, -0.25) is 19.3 Å². The van der Waals surface area contributed by atoms with Gasteiger partial charge in [-0.05, 0) is 13.3 Å². The lowest BCUT2D eigenvalue weighted by atomic mass is 10.3. The number of carbonyl (C=O) groups is 3. The Morgan fingerprint density at radius 3 is 2.40 bits per heavy atom. The quantitative estimate of drug-likeness (QED) is 0.487. The molecule has 0 heterocycles. The Hall–Kier alpha value is -1.47. The molecule has 0 aromatic carbocycles. The predicted molar refractivity (Wildman–Crippen MR) is 73.5 cm³/mol. The molecule has 0 rings (SSSR count). The molecule has 0 aliphatic carbocycles. The number of carboxylic acid groups (broad SMARTS) is 1. The van der Waals surface area contributed by atoms with Crippen LogP contribution < -0.4 is 5.32 Å². The topological polar surface area (TPSA) is 95.9 Å². The van der Waals surface area contributed by atoms with E-state index >= 15 is 0 Å². The van der Waals surface area contributed by atoms with Crippen molar-refractivity contribution in [3.8, 4) is 0 Å². The molecule has 20 heavy (non-hydrogen) atoms. The maximum absolute atomic E-state index is 11.6. The van der Waals surface area contributed by atoms with Crippen LogP contribution in [-0.4, -0.2) is 67.1 Å². The molecular formula is C13H24N2O5. The molecule has 0 aromatic rings. The maximum atomic E-state index is 11.6. The Bertz CT molecular complexity index is 304. The van der Waals surface area contributed by atoms with Gasteiger partial charge in [0.2, 0.25) is 5.91 Å². The largest absolute Gasteiger partial charge is 0.480 e. The van der Waals surface area contributed by atoms with E-state index in [1.54, 1.807) is 0 Å². The van der Waals surface area contributed by atoms with E-state index in [0.29, 0.717) is 19.8 Å². The third kappa shape index (κ3) is 11.6. The van der Waals surface area contributed by atoms with Crippen LogP contribution in [0.1, 0.15) is 26.7 Å². The fourth-order valence-electron chi connectivity index (χ4n) is 1.54. The Balaban J connectivity index is 3.88. The monoisotopic (exact) mass is 288 g/mol. The van der Waals surface area contributed by atoms with Gasteiger partial charge in [0.1, 0.15) is 5.78 Å². The van der Waals surface area contributed by atoms with Crippen molar-refractivity contribution in [2.45, 2.75) is 26.7 Å². The number of carboxylic acids is 1. The number of ether oxygens (including phenoxy) is 1. The van der Waals surface area contributed by atoms with E-state index in [1.165, 1.54) is 11.8 Å². The third-order valence-corrected chi connectivity index (χ3v) is 2.38. The molecule has 7 nitrogen and oxygen atoms in total. The average molecular weight is 288 g/mol. The first-order valence-corrected chi connectivity index (χ1v) is 6.73. The van der Waals surface area contributed by atoms with Crippen LogP contribution >= 0.6 is 0 Å². The standard InChI is InChI=1S/C13H24N2O5/c1-3-4-6-20-7-5-14-12(17)9-15(8-11(2)16)10-13(18)19/h3-10H2,1-2H3,(H,14,17)(H,18,19). The van der Waals surface area contributed by atoms with Crippen molar-refractivity contribution in [2.75, 3.05) is 39.4 Å². The lowest BCUT2D eigenvalue weighted by Crippen LogP contribution is -2.42. The summed E-state index contributed by atoms with van der Waals surface area (Å²) in [6.07, 6.45) is 2.04. The van der Waals surface area contributed by atoms with E-state index in [-0.39, 0.29) is 31.3 Å². The van der Waals surface area contributed by atoms with E-state index in [4.69, 9.17) is 9.84 Å². The number of nitrogens with one attached hydrogen (secondary N) is 1. The zero-order valence-electron chi connectivity index (χ0n) is 12.2. The summed E-state index contributed by atoms with van der Waals surface area (Å²) in [5.41, 5.74) is 0. The second kappa shape index (κ2) is 11.4. The highest BCUT2D eigenvalue weighted by atomic mass is 16.5. The summed E-state index contributed by atoms with van der Waals surface area (Å²) in [6.45, 7) is 4.40. The molecule has 0 fully saturated rings. The van der Waals surface area contributed by atoms with E-state index in [9.17, 15) is 14.4 Å². The molecule has 0 bridgehead atoms. The number of rotatable bonds is 12. The Morgan fingerprint density at radius 1 is 1.15 bits per heavy atom. The predicted octanol–water partition coefficient (Wildman–Crippen LogP) is -0.105. The summed E-state index contributed by atoms with van der Waals surface area (Å²) in [7, 11) is 0. The molecule has 0 radical (unpaired) electrons. The number of hydrogen-bond donors (Lipinski definition) is 2. The first-order chi connectivity index (χ1) is 9.45. The smallest absolute Gasteiger partial charge is 0.317 e. The second-order valence-corrected chi connectivity index (χ2v) is 4.56. The van der Waals surface area contributed by atoms with Gasteiger partial charge in [-0.1, -0.05) is 13.3 Å². The molecule has 0 aliphatic rings. The van der Waals surface area contributed by atoms with Crippen molar-refractivity contribution in [2.24, 2.45) is 0 Å². The van der Waals surface area contributed by atoms with Crippen LogP contribution in [0.2, 0.25) is 0 Å². The lowest BCUT2D eigenvalue weighted by molar-refractivity contribution is -0.139. The number of aliphatic carboxylic acids is 1. The highest BCUT2D eigenvalue weighted by Crippen LogP contribution is 1.90. The molecule has 7 heteroatoms. The minimum absolute atomic E-state index is 0.0489. The van der Waals surface area contributed by atoms with Crippen molar-refractivity contribution in [3.63, 3.8) is 0 Å². The lowest BCUT2D eigenvalue weighted by Gasteiger charge is -2.18. The molecule has 1 amide bonds. The summed E-state index contributed by atoms with van der Waals surface area (Å²) in [5, 5.41) is 11.3. The van der Waals surface area contributed by atoms with E-state index in [0.717, 1.165) is 12.8 Å². The zero-order chi connectivity index (χ0) is 15.4. The van der Waals surface area contributed by atoms with E-state index < -0.39 is 5.97 Å². The molecule has 0 saturated carbocycles. The van der Waals surface area contributed by atoms with Crippen LogP contribution in [0.15, 0.2) is 0 Å². The van der Waals surface area contributed by atoms with Crippen LogP contribution in [0.4, 0.5) is 0 Å². The van der Waals surface area contributed by atoms with Gasteiger partial charge in [0.15, 0.2) is 0 Å². The van der Waals surface area contributed by atoms with Gasteiger partial charge in [0.05, 0.1) is 26.2 Å². The van der Waals surface area contributed by atoms with Crippen LogP contribution in [0.3, 0.4) is 0 Å².